The largest absolute Gasteiger partial charge is 0.484 e. The molecule has 0 aliphatic heterocycles. The number of hydrogen-bond donors (Lipinski definition) is 2. The van der Waals surface area contributed by atoms with Crippen molar-refractivity contribution in [3.63, 3.8) is 0 Å². The lowest BCUT2D eigenvalue weighted by Gasteiger charge is -2.29. The van der Waals surface area contributed by atoms with Crippen LogP contribution in [0.1, 0.15) is 44.6 Å². The summed E-state index contributed by atoms with van der Waals surface area (Å²) in [6.07, 6.45) is 5.91. The Labute approximate surface area is 127 Å². The van der Waals surface area contributed by atoms with Gasteiger partial charge in [0, 0.05) is 12.6 Å². The summed E-state index contributed by atoms with van der Waals surface area (Å²) in [7, 11) is 0. The minimum absolute atomic E-state index is 0.0281. The van der Waals surface area contributed by atoms with E-state index in [0.29, 0.717) is 18.3 Å². The van der Waals surface area contributed by atoms with Gasteiger partial charge in [-0.3, -0.25) is 4.79 Å². The minimum Gasteiger partial charge on any atom is -0.484 e. The SMILES string of the molecule is CCC1CCCC(NC(=O)COc2ccc(CN)cc2)C1. The molecule has 0 bridgehead atoms. The lowest BCUT2D eigenvalue weighted by molar-refractivity contribution is -0.124. The van der Waals surface area contributed by atoms with Crippen molar-refractivity contribution in [1.29, 1.82) is 0 Å². The number of amides is 1. The molecule has 1 aromatic rings. The van der Waals surface area contributed by atoms with Gasteiger partial charge in [0.05, 0.1) is 0 Å². The first-order valence-corrected chi connectivity index (χ1v) is 7.92. The summed E-state index contributed by atoms with van der Waals surface area (Å²) in [5.74, 6) is 1.44. The van der Waals surface area contributed by atoms with E-state index in [9.17, 15) is 4.79 Å². The lowest BCUT2D eigenvalue weighted by atomic mass is 9.84. The summed E-state index contributed by atoms with van der Waals surface area (Å²) in [4.78, 5) is 11.9. The van der Waals surface area contributed by atoms with Gasteiger partial charge in [0.25, 0.3) is 5.91 Å². The minimum atomic E-state index is -0.0281. The highest BCUT2D eigenvalue weighted by Crippen LogP contribution is 2.26. The predicted molar refractivity (Wildman–Crippen MR) is 84.0 cm³/mol. The fourth-order valence-electron chi connectivity index (χ4n) is 2.93. The highest BCUT2D eigenvalue weighted by Gasteiger charge is 2.22. The van der Waals surface area contributed by atoms with E-state index in [1.807, 2.05) is 24.3 Å². The van der Waals surface area contributed by atoms with Gasteiger partial charge in [-0.05, 0) is 36.5 Å². The summed E-state index contributed by atoms with van der Waals surface area (Å²) in [6.45, 7) is 2.82. The fourth-order valence-corrected chi connectivity index (χ4v) is 2.93. The molecule has 1 amide bonds. The van der Waals surface area contributed by atoms with Crippen molar-refractivity contribution in [1.82, 2.24) is 5.32 Å². The Morgan fingerprint density at radius 1 is 1.33 bits per heavy atom. The van der Waals surface area contributed by atoms with Gasteiger partial charge in [-0.15, -0.1) is 0 Å². The van der Waals surface area contributed by atoms with Crippen LogP contribution in [0.15, 0.2) is 24.3 Å². The molecule has 0 spiro atoms. The second kappa shape index (κ2) is 8.03. The van der Waals surface area contributed by atoms with Crippen LogP contribution in [0.3, 0.4) is 0 Å². The summed E-state index contributed by atoms with van der Waals surface area (Å²) >= 11 is 0. The van der Waals surface area contributed by atoms with Crippen LogP contribution in [-0.2, 0) is 11.3 Å². The van der Waals surface area contributed by atoms with Crippen molar-refractivity contribution in [2.75, 3.05) is 6.61 Å². The third kappa shape index (κ3) is 5.05. The standard InChI is InChI=1S/C17H26N2O2/c1-2-13-4-3-5-15(10-13)19-17(20)12-21-16-8-6-14(11-18)7-9-16/h6-9,13,15H,2-5,10-12,18H2,1H3,(H,19,20). The van der Waals surface area contributed by atoms with Crippen LogP contribution >= 0.6 is 0 Å². The summed E-state index contributed by atoms with van der Waals surface area (Å²) < 4.78 is 5.51. The molecule has 4 nitrogen and oxygen atoms in total. The fraction of sp³-hybridized carbons (Fsp3) is 0.588. The number of rotatable bonds is 6. The first-order chi connectivity index (χ1) is 10.2. The Hall–Kier alpha value is -1.55. The molecule has 1 saturated carbocycles. The van der Waals surface area contributed by atoms with E-state index < -0.39 is 0 Å². The molecular weight excluding hydrogens is 264 g/mol. The summed E-state index contributed by atoms with van der Waals surface area (Å²) in [6, 6.07) is 7.85. The number of ether oxygens (including phenoxy) is 1. The molecule has 21 heavy (non-hydrogen) atoms. The number of benzene rings is 1. The average molecular weight is 290 g/mol. The van der Waals surface area contributed by atoms with Gasteiger partial charge in [0.15, 0.2) is 6.61 Å². The van der Waals surface area contributed by atoms with Crippen LogP contribution in [0.4, 0.5) is 0 Å². The van der Waals surface area contributed by atoms with E-state index in [0.717, 1.165) is 24.3 Å². The van der Waals surface area contributed by atoms with Crippen LogP contribution in [0.2, 0.25) is 0 Å². The van der Waals surface area contributed by atoms with Crippen molar-refractivity contribution in [2.45, 2.75) is 51.6 Å². The first-order valence-electron chi connectivity index (χ1n) is 7.92. The smallest absolute Gasteiger partial charge is 0.258 e. The highest BCUT2D eigenvalue weighted by molar-refractivity contribution is 5.77. The number of nitrogens with one attached hydrogen (secondary N) is 1. The van der Waals surface area contributed by atoms with Crippen molar-refractivity contribution in [3.8, 4) is 5.75 Å². The van der Waals surface area contributed by atoms with E-state index in [1.165, 1.54) is 19.3 Å². The average Bonchev–Trinajstić information content (AvgIpc) is 2.53. The predicted octanol–water partition coefficient (Wildman–Crippen LogP) is 2.61. The van der Waals surface area contributed by atoms with Crippen LogP contribution in [0.25, 0.3) is 0 Å². The maximum Gasteiger partial charge on any atom is 0.258 e. The van der Waals surface area contributed by atoms with Crippen LogP contribution < -0.4 is 15.8 Å². The molecule has 0 saturated heterocycles. The summed E-state index contributed by atoms with van der Waals surface area (Å²) in [5.41, 5.74) is 6.60. The zero-order chi connectivity index (χ0) is 15.1. The maximum atomic E-state index is 11.9. The van der Waals surface area contributed by atoms with Gasteiger partial charge in [-0.1, -0.05) is 38.3 Å². The Kier molecular flexibility index (Phi) is 6.05. The van der Waals surface area contributed by atoms with Crippen molar-refractivity contribution in [2.24, 2.45) is 11.7 Å². The van der Waals surface area contributed by atoms with E-state index >= 15 is 0 Å². The van der Waals surface area contributed by atoms with E-state index in [4.69, 9.17) is 10.5 Å². The molecular formula is C17H26N2O2. The Balaban J connectivity index is 1.73. The summed E-state index contributed by atoms with van der Waals surface area (Å²) in [5, 5.41) is 3.09. The zero-order valence-electron chi connectivity index (χ0n) is 12.8. The molecule has 0 radical (unpaired) electrons. The number of carbonyl (C=O) groups excluding carboxylic acids is 1. The van der Waals surface area contributed by atoms with Gasteiger partial charge in [0.1, 0.15) is 5.75 Å². The molecule has 0 aromatic heterocycles. The normalized spacial score (nSPS) is 21.8. The van der Waals surface area contributed by atoms with Crippen molar-refractivity contribution < 1.29 is 9.53 Å². The second-order valence-electron chi connectivity index (χ2n) is 5.84. The topological polar surface area (TPSA) is 64.3 Å². The number of hydrogen-bond acceptors (Lipinski definition) is 3. The Morgan fingerprint density at radius 2 is 2.10 bits per heavy atom. The van der Waals surface area contributed by atoms with Crippen LogP contribution in [0, 0.1) is 5.92 Å². The Bertz CT molecular complexity index is 445. The molecule has 116 valence electrons. The molecule has 2 unspecified atom stereocenters. The molecule has 2 atom stereocenters. The maximum absolute atomic E-state index is 11.9. The third-order valence-electron chi connectivity index (χ3n) is 4.25. The van der Waals surface area contributed by atoms with Gasteiger partial charge in [-0.25, -0.2) is 0 Å². The van der Waals surface area contributed by atoms with Gasteiger partial charge in [-0.2, -0.15) is 0 Å². The molecule has 1 fully saturated rings. The Morgan fingerprint density at radius 3 is 2.76 bits per heavy atom. The monoisotopic (exact) mass is 290 g/mol. The molecule has 1 aromatic carbocycles. The third-order valence-corrected chi connectivity index (χ3v) is 4.25. The number of nitrogens with two attached hydrogens (primary N) is 1. The van der Waals surface area contributed by atoms with Crippen LogP contribution in [0.5, 0.6) is 5.75 Å². The quantitative estimate of drug-likeness (QED) is 0.846. The van der Waals surface area contributed by atoms with E-state index in [-0.39, 0.29) is 12.5 Å². The zero-order valence-corrected chi connectivity index (χ0v) is 12.8. The lowest BCUT2D eigenvalue weighted by Crippen LogP contribution is -2.40. The molecule has 4 heteroatoms. The van der Waals surface area contributed by atoms with Crippen molar-refractivity contribution in [3.05, 3.63) is 29.8 Å². The molecule has 1 aliphatic rings. The molecule has 0 heterocycles. The van der Waals surface area contributed by atoms with E-state index in [2.05, 4.69) is 12.2 Å². The molecule has 2 rings (SSSR count). The first kappa shape index (κ1) is 15.8. The molecule has 3 N–H and O–H groups in total. The second-order valence-corrected chi connectivity index (χ2v) is 5.84. The van der Waals surface area contributed by atoms with Crippen LogP contribution in [-0.4, -0.2) is 18.6 Å². The molecule has 1 aliphatic carbocycles. The van der Waals surface area contributed by atoms with Gasteiger partial charge in [0.2, 0.25) is 0 Å². The highest BCUT2D eigenvalue weighted by atomic mass is 16.5. The number of carbonyl (C=O) groups is 1. The van der Waals surface area contributed by atoms with Gasteiger partial charge < -0.3 is 15.8 Å². The van der Waals surface area contributed by atoms with Gasteiger partial charge >= 0.3 is 0 Å². The van der Waals surface area contributed by atoms with Crippen molar-refractivity contribution >= 4 is 5.91 Å². The van der Waals surface area contributed by atoms with E-state index in [1.54, 1.807) is 0 Å².